The van der Waals surface area contributed by atoms with Crippen molar-refractivity contribution in [2.75, 3.05) is 19.7 Å². The van der Waals surface area contributed by atoms with Crippen LogP contribution in [0.4, 0.5) is 0 Å². The third-order valence-electron chi connectivity index (χ3n) is 4.07. The first-order valence-corrected chi connectivity index (χ1v) is 8.26. The summed E-state index contributed by atoms with van der Waals surface area (Å²) >= 11 is 0. The van der Waals surface area contributed by atoms with Gasteiger partial charge < -0.3 is 9.64 Å². The van der Waals surface area contributed by atoms with Crippen molar-refractivity contribution in [2.24, 2.45) is 0 Å². The predicted molar refractivity (Wildman–Crippen MR) is 90.9 cm³/mol. The molecule has 1 aromatic heterocycles. The van der Waals surface area contributed by atoms with Gasteiger partial charge in [-0.15, -0.1) is 0 Å². The summed E-state index contributed by atoms with van der Waals surface area (Å²) in [4.78, 5) is 26.0. The molecule has 0 unspecified atom stereocenters. The van der Waals surface area contributed by atoms with Gasteiger partial charge in [-0.25, -0.2) is 4.68 Å². The number of benzene rings is 1. The van der Waals surface area contributed by atoms with Crippen molar-refractivity contribution in [2.45, 2.75) is 26.3 Å². The molecule has 1 fully saturated rings. The number of ether oxygens (including phenoxy) is 1. The SMILES string of the molecule is CCOc1ccc(-c2ccc(=O)n(CC(=O)N3CCCC3)n2)cc1. The number of hydrogen-bond donors (Lipinski definition) is 0. The van der Waals surface area contributed by atoms with E-state index in [1.165, 1.54) is 10.7 Å². The van der Waals surface area contributed by atoms with Crippen LogP contribution in [0.1, 0.15) is 19.8 Å². The normalized spacial score (nSPS) is 14.0. The van der Waals surface area contributed by atoms with Gasteiger partial charge in [-0.3, -0.25) is 9.59 Å². The van der Waals surface area contributed by atoms with E-state index in [2.05, 4.69) is 5.10 Å². The maximum atomic E-state index is 12.2. The zero-order chi connectivity index (χ0) is 16.9. The number of amides is 1. The lowest BCUT2D eigenvalue weighted by Crippen LogP contribution is -2.35. The van der Waals surface area contributed by atoms with Crippen LogP contribution >= 0.6 is 0 Å². The fraction of sp³-hybridized carbons (Fsp3) is 0.389. The lowest BCUT2D eigenvalue weighted by Gasteiger charge is -2.15. The average molecular weight is 327 g/mol. The topological polar surface area (TPSA) is 64.4 Å². The Morgan fingerprint density at radius 1 is 1.12 bits per heavy atom. The minimum absolute atomic E-state index is 0.0102. The summed E-state index contributed by atoms with van der Waals surface area (Å²) in [5, 5.41) is 4.35. The van der Waals surface area contributed by atoms with E-state index in [9.17, 15) is 9.59 Å². The van der Waals surface area contributed by atoms with Crippen molar-refractivity contribution in [3.05, 3.63) is 46.8 Å². The van der Waals surface area contributed by atoms with Crippen molar-refractivity contribution in [3.8, 4) is 17.0 Å². The molecule has 126 valence electrons. The lowest BCUT2D eigenvalue weighted by molar-refractivity contribution is -0.131. The Labute approximate surface area is 140 Å². The Kier molecular flexibility index (Phi) is 4.93. The Bertz CT molecular complexity index is 762. The van der Waals surface area contributed by atoms with Crippen LogP contribution in [0.5, 0.6) is 5.75 Å². The molecule has 0 bridgehead atoms. The monoisotopic (exact) mass is 327 g/mol. The van der Waals surface area contributed by atoms with Gasteiger partial charge in [0.1, 0.15) is 12.3 Å². The van der Waals surface area contributed by atoms with E-state index in [-0.39, 0.29) is 18.0 Å². The molecule has 24 heavy (non-hydrogen) atoms. The molecule has 0 saturated carbocycles. The van der Waals surface area contributed by atoms with Crippen LogP contribution in [0.15, 0.2) is 41.2 Å². The first-order valence-electron chi connectivity index (χ1n) is 8.26. The summed E-state index contributed by atoms with van der Waals surface area (Å²) in [6, 6.07) is 10.6. The van der Waals surface area contributed by atoms with Crippen molar-refractivity contribution in [3.63, 3.8) is 0 Å². The van der Waals surface area contributed by atoms with Crippen molar-refractivity contribution in [1.82, 2.24) is 14.7 Å². The van der Waals surface area contributed by atoms with Crippen LogP contribution < -0.4 is 10.3 Å². The van der Waals surface area contributed by atoms with Crippen LogP contribution in [0.3, 0.4) is 0 Å². The molecule has 6 nitrogen and oxygen atoms in total. The molecule has 6 heteroatoms. The summed E-state index contributed by atoms with van der Waals surface area (Å²) in [5.74, 6) is 0.740. The van der Waals surface area contributed by atoms with Gasteiger partial charge in [0.15, 0.2) is 0 Å². The largest absolute Gasteiger partial charge is 0.494 e. The first kappa shape index (κ1) is 16.2. The molecule has 2 aromatic rings. The van der Waals surface area contributed by atoms with Gasteiger partial charge >= 0.3 is 0 Å². The molecule has 0 N–H and O–H groups in total. The van der Waals surface area contributed by atoms with Crippen LogP contribution in [0, 0.1) is 0 Å². The Morgan fingerprint density at radius 2 is 1.83 bits per heavy atom. The highest BCUT2D eigenvalue weighted by atomic mass is 16.5. The number of rotatable bonds is 5. The summed E-state index contributed by atoms with van der Waals surface area (Å²) in [6.45, 7) is 4.08. The molecule has 1 aliphatic heterocycles. The molecule has 2 heterocycles. The third kappa shape index (κ3) is 3.64. The predicted octanol–water partition coefficient (Wildman–Crippen LogP) is 1.93. The van der Waals surface area contributed by atoms with E-state index in [4.69, 9.17) is 4.74 Å². The molecule has 1 amide bonds. The number of carbonyl (C=O) groups is 1. The van der Waals surface area contributed by atoms with Gasteiger partial charge in [0.25, 0.3) is 5.56 Å². The summed E-state index contributed by atoms with van der Waals surface area (Å²) in [6.07, 6.45) is 2.06. The number of carbonyl (C=O) groups excluding carboxylic acids is 1. The zero-order valence-electron chi connectivity index (χ0n) is 13.8. The molecular formula is C18H21N3O3. The molecule has 0 radical (unpaired) electrons. The smallest absolute Gasteiger partial charge is 0.267 e. The first-order chi connectivity index (χ1) is 11.7. The Hall–Kier alpha value is -2.63. The fourth-order valence-corrected chi connectivity index (χ4v) is 2.80. The Balaban J connectivity index is 1.80. The molecular weight excluding hydrogens is 306 g/mol. The summed E-state index contributed by atoms with van der Waals surface area (Å²) in [7, 11) is 0. The van der Waals surface area contributed by atoms with Crippen molar-refractivity contribution >= 4 is 5.91 Å². The summed E-state index contributed by atoms with van der Waals surface area (Å²) in [5.41, 5.74) is 1.27. The molecule has 1 aromatic carbocycles. The standard InChI is InChI=1S/C18H21N3O3/c1-2-24-15-7-5-14(6-8-15)16-9-10-17(22)21(19-16)13-18(23)20-11-3-4-12-20/h5-10H,2-4,11-13H2,1H3. The van der Waals surface area contributed by atoms with E-state index < -0.39 is 0 Å². The molecule has 0 spiro atoms. The Morgan fingerprint density at radius 3 is 2.50 bits per heavy atom. The highest BCUT2D eigenvalue weighted by Crippen LogP contribution is 2.20. The summed E-state index contributed by atoms with van der Waals surface area (Å²) < 4.78 is 6.67. The number of nitrogens with zero attached hydrogens (tertiary/aromatic N) is 3. The van der Waals surface area contributed by atoms with Gasteiger partial charge in [0, 0.05) is 24.7 Å². The van der Waals surface area contributed by atoms with Crippen molar-refractivity contribution in [1.29, 1.82) is 0 Å². The van der Waals surface area contributed by atoms with Gasteiger partial charge in [-0.05, 0) is 50.1 Å². The van der Waals surface area contributed by atoms with E-state index in [1.807, 2.05) is 31.2 Å². The van der Waals surface area contributed by atoms with E-state index in [0.717, 1.165) is 37.2 Å². The van der Waals surface area contributed by atoms with Gasteiger partial charge in [-0.1, -0.05) is 0 Å². The number of hydrogen-bond acceptors (Lipinski definition) is 4. The molecule has 1 saturated heterocycles. The third-order valence-corrected chi connectivity index (χ3v) is 4.07. The average Bonchev–Trinajstić information content (AvgIpc) is 3.13. The van der Waals surface area contributed by atoms with Gasteiger partial charge in [0.2, 0.25) is 5.91 Å². The van der Waals surface area contributed by atoms with E-state index in [1.54, 1.807) is 11.0 Å². The van der Waals surface area contributed by atoms with Gasteiger partial charge in [0.05, 0.1) is 12.3 Å². The highest BCUT2D eigenvalue weighted by molar-refractivity contribution is 5.76. The second-order valence-electron chi connectivity index (χ2n) is 5.76. The number of likely N-dealkylation sites (tertiary alicyclic amines) is 1. The fourth-order valence-electron chi connectivity index (χ4n) is 2.80. The van der Waals surface area contributed by atoms with E-state index >= 15 is 0 Å². The maximum Gasteiger partial charge on any atom is 0.267 e. The van der Waals surface area contributed by atoms with E-state index in [0.29, 0.717) is 12.3 Å². The number of aromatic nitrogens is 2. The molecule has 0 aliphatic carbocycles. The van der Waals surface area contributed by atoms with Crippen LogP contribution in [-0.2, 0) is 11.3 Å². The second kappa shape index (κ2) is 7.29. The molecule has 0 atom stereocenters. The second-order valence-corrected chi connectivity index (χ2v) is 5.76. The van der Waals surface area contributed by atoms with Crippen molar-refractivity contribution < 1.29 is 9.53 Å². The maximum absolute atomic E-state index is 12.2. The lowest BCUT2D eigenvalue weighted by atomic mass is 10.1. The van der Waals surface area contributed by atoms with Crippen LogP contribution in [0.25, 0.3) is 11.3 Å². The van der Waals surface area contributed by atoms with Crippen LogP contribution in [0.2, 0.25) is 0 Å². The zero-order valence-corrected chi connectivity index (χ0v) is 13.8. The van der Waals surface area contributed by atoms with Gasteiger partial charge in [-0.2, -0.15) is 5.10 Å². The minimum atomic E-state index is -0.266. The molecule has 1 aliphatic rings. The highest BCUT2D eigenvalue weighted by Gasteiger charge is 2.19. The molecule has 3 rings (SSSR count). The van der Waals surface area contributed by atoms with Crippen LogP contribution in [-0.4, -0.2) is 40.3 Å². The minimum Gasteiger partial charge on any atom is -0.494 e. The quantitative estimate of drug-likeness (QED) is 0.842.